The van der Waals surface area contributed by atoms with E-state index >= 15 is 0 Å². The zero-order valence-corrected chi connectivity index (χ0v) is 19.7. The molecule has 3 rings (SSSR count). The molecular formula is C24H22F3N3O4S. The fourth-order valence-electron chi connectivity index (χ4n) is 2.94. The second kappa shape index (κ2) is 11.7. The summed E-state index contributed by atoms with van der Waals surface area (Å²) in [6.45, 7) is 2.88. The van der Waals surface area contributed by atoms with Gasteiger partial charge in [0, 0.05) is 11.3 Å². The lowest BCUT2D eigenvalue weighted by atomic mass is 10.2. The second-order valence-corrected chi connectivity index (χ2v) is 8.35. The summed E-state index contributed by atoms with van der Waals surface area (Å²) in [5.74, 6) is -0.353. The highest BCUT2D eigenvalue weighted by Gasteiger charge is 2.31. The Balaban J connectivity index is 1.67. The van der Waals surface area contributed by atoms with Crippen LogP contribution in [0.1, 0.15) is 28.1 Å². The summed E-state index contributed by atoms with van der Waals surface area (Å²) in [4.78, 5) is 24.9. The molecule has 1 amide bonds. The van der Waals surface area contributed by atoms with Gasteiger partial charge >= 0.3 is 12.1 Å². The van der Waals surface area contributed by atoms with Gasteiger partial charge in [-0.3, -0.25) is 9.59 Å². The maximum atomic E-state index is 13.2. The highest BCUT2D eigenvalue weighted by atomic mass is 32.2. The zero-order chi connectivity index (χ0) is 25.4. The van der Waals surface area contributed by atoms with E-state index in [1.165, 1.54) is 30.1 Å². The van der Waals surface area contributed by atoms with Gasteiger partial charge in [-0.1, -0.05) is 41.6 Å². The number of hydrogen-bond donors (Lipinski definition) is 0. The lowest BCUT2D eigenvalue weighted by Crippen LogP contribution is -2.31. The van der Waals surface area contributed by atoms with Crippen LogP contribution in [0.15, 0.2) is 64.2 Å². The number of rotatable bonds is 9. The van der Waals surface area contributed by atoms with Gasteiger partial charge in [0.15, 0.2) is 6.61 Å². The number of alkyl halides is 3. The van der Waals surface area contributed by atoms with Gasteiger partial charge in [0.1, 0.15) is 5.76 Å². The number of nitrogens with zero attached hydrogens (tertiary/aromatic N) is 3. The van der Waals surface area contributed by atoms with Crippen LogP contribution in [0.3, 0.4) is 0 Å². The first-order valence-corrected chi connectivity index (χ1v) is 11.5. The minimum absolute atomic E-state index is 0.0335. The third-order valence-corrected chi connectivity index (χ3v) is 5.71. The third-order valence-electron chi connectivity index (χ3n) is 4.78. The van der Waals surface area contributed by atoms with Crippen molar-refractivity contribution in [1.29, 1.82) is 0 Å². The van der Waals surface area contributed by atoms with E-state index in [1.807, 2.05) is 0 Å². The van der Waals surface area contributed by atoms with E-state index in [0.717, 1.165) is 28.4 Å². The van der Waals surface area contributed by atoms with E-state index in [2.05, 4.69) is 10.3 Å². The largest absolute Gasteiger partial charge is 0.455 e. The number of halogens is 3. The molecule has 0 saturated heterocycles. The third kappa shape index (κ3) is 7.44. The molecule has 0 unspecified atom stereocenters. The molecule has 0 bridgehead atoms. The van der Waals surface area contributed by atoms with Gasteiger partial charge in [-0.05, 0) is 37.6 Å². The number of hydrogen-bond acceptors (Lipinski definition) is 7. The molecule has 0 saturated carbocycles. The Kier molecular flexibility index (Phi) is 8.69. The van der Waals surface area contributed by atoms with Crippen LogP contribution in [0.25, 0.3) is 0 Å². The van der Waals surface area contributed by atoms with Gasteiger partial charge in [-0.2, -0.15) is 23.3 Å². The van der Waals surface area contributed by atoms with Crippen LogP contribution in [0, 0.1) is 13.8 Å². The maximum absolute atomic E-state index is 13.2. The van der Waals surface area contributed by atoms with Crippen molar-refractivity contribution in [3.8, 4) is 0 Å². The molecule has 11 heteroatoms. The number of anilines is 1. The number of amides is 1. The SMILES string of the molecule is Cc1noc(C)c1CSCC(=O)OCC(=O)N(/N=C/c1ccccc1)c1cccc(C(F)(F)F)c1. The van der Waals surface area contributed by atoms with E-state index in [1.54, 1.807) is 44.2 Å². The topological polar surface area (TPSA) is 85.0 Å². The number of hydrazone groups is 1. The van der Waals surface area contributed by atoms with Gasteiger partial charge in [-0.25, -0.2) is 0 Å². The lowest BCUT2D eigenvalue weighted by molar-refractivity contribution is -0.145. The highest BCUT2D eigenvalue weighted by Crippen LogP contribution is 2.32. The summed E-state index contributed by atoms with van der Waals surface area (Å²) in [6, 6.07) is 12.9. The first kappa shape index (κ1) is 26.0. The van der Waals surface area contributed by atoms with E-state index in [-0.39, 0.29) is 11.4 Å². The number of benzene rings is 2. The Morgan fingerprint density at radius 1 is 1.14 bits per heavy atom. The molecule has 0 atom stereocenters. The first-order valence-electron chi connectivity index (χ1n) is 10.4. The summed E-state index contributed by atoms with van der Waals surface area (Å²) in [7, 11) is 0. The number of aryl methyl sites for hydroxylation is 2. The molecule has 0 aliphatic carbocycles. The average Bonchev–Trinajstić information content (AvgIpc) is 3.15. The molecule has 0 fully saturated rings. The highest BCUT2D eigenvalue weighted by molar-refractivity contribution is 7.99. The van der Waals surface area contributed by atoms with E-state index in [4.69, 9.17) is 9.26 Å². The van der Waals surface area contributed by atoms with Crippen molar-refractivity contribution in [2.75, 3.05) is 17.4 Å². The van der Waals surface area contributed by atoms with Crippen LogP contribution in [0.4, 0.5) is 18.9 Å². The number of thioether (sulfide) groups is 1. The fraction of sp³-hybridized carbons (Fsp3) is 0.250. The van der Waals surface area contributed by atoms with Crippen molar-refractivity contribution in [3.05, 3.63) is 82.7 Å². The Morgan fingerprint density at radius 3 is 2.54 bits per heavy atom. The Morgan fingerprint density at radius 2 is 1.89 bits per heavy atom. The monoisotopic (exact) mass is 505 g/mol. The van der Waals surface area contributed by atoms with Crippen molar-refractivity contribution in [2.24, 2.45) is 5.10 Å². The molecule has 1 aromatic heterocycles. The summed E-state index contributed by atoms with van der Waals surface area (Å²) in [6.07, 6.45) is -3.27. The van der Waals surface area contributed by atoms with Gasteiger partial charge < -0.3 is 9.26 Å². The Labute approximate surface area is 203 Å². The molecule has 1 heterocycles. The van der Waals surface area contributed by atoms with Crippen LogP contribution < -0.4 is 5.01 Å². The van der Waals surface area contributed by atoms with Crippen molar-refractivity contribution < 1.29 is 32.0 Å². The van der Waals surface area contributed by atoms with Crippen LogP contribution in [0.2, 0.25) is 0 Å². The van der Waals surface area contributed by atoms with Gasteiger partial charge in [-0.15, -0.1) is 11.8 Å². The van der Waals surface area contributed by atoms with Crippen molar-refractivity contribution in [2.45, 2.75) is 25.8 Å². The summed E-state index contributed by atoms with van der Waals surface area (Å²) < 4.78 is 49.7. The smallest absolute Gasteiger partial charge is 0.416 e. The summed E-state index contributed by atoms with van der Waals surface area (Å²) >= 11 is 1.26. The summed E-state index contributed by atoms with van der Waals surface area (Å²) in [5, 5.41) is 8.69. The van der Waals surface area contributed by atoms with Gasteiger partial charge in [0.05, 0.1) is 28.9 Å². The quantitative estimate of drug-likeness (QED) is 0.227. The van der Waals surface area contributed by atoms with Crippen LogP contribution in [-0.4, -0.2) is 35.6 Å². The predicted molar refractivity (Wildman–Crippen MR) is 126 cm³/mol. The number of aromatic nitrogens is 1. The Hall–Kier alpha value is -3.60. The molecule has 0 N–H and O–H groups in total. The molecule has 35 heavy (non-hydrogen) atoms. The standard InChI is InChI=1S/C24H22F3N3O4S/c1-16-21(17(2)34-29-16)14-35-15-23(32)33-13-22(31)30(28-12-18-7-4-3-5-8-18)20-10-6-9-19(11-20)24(25,26)27/h3-12H,13-15H2,1-2H3/b28-12+. The van der Waals surface area contributed by atoms with Crippen LogP contribution in [-0.2, 0) is 26.3 Å². The number of ether oxygens (including phenoxy) is 1. The van der Waals surface area contributed by atoms with E-state index in [0.29, 0.717) is 17.1 Å². The zero-order valence-electron chi connectivity index (χ0n) is 18.9. The molecule has 0 aliphatic heterocycles. The summed E-state index contributed by atoms with van der Waals surface area (Å²) in [5.41, 5.74) is 1.19. The minimum atomic E-state index is -4.60. The van der Waals surface area contributed by atoms with Crippen LogP contribution in [0.5, 0.6) is 0 Å². The average molecular weight is 506 g/mol. The lowest BCUT2D eigenvalue weighted by Gasteiger charge is -2.18. The molecule has 0 radical (unpaired) electrons. The normalized spacial score (nSPS) is 11.6. The second-order valence-electron chi connectivity index (χ2n) is 7.37. The van der Waals surface area contributed by atoms with Crippen molar-refractivity contribution in [3.63, 3.8) is 0 Å². The molecular weight excluding hydrogens is 483 g/mol. The molecule has 0 spiro atoms. The minimum Gasteiger partial charge on any atom is -0.455 e. The van der Waals surface area contributed by atoms with Crippen molar-refractivity contribution >= 4 is 35.5 Å². The van der Waals surface area contributed by atoms with E-state index in [9.17, 15) is 22.8 Å². The number of carbonyl (C=O) groups is 2. The first-order chi connectivity index (χ1) is 16.6. The van der Waals surface area contributed by atoms with Crippen LogP contribution >= 0.6 is 11.8 Å². The maximum Gasteiger partial charge on any atom is 0.416 e. The molecule has 2 aromatic carbocycles. The number of esters is 1. The van der Waals surface area contributed by atoms with Crippen molar-refractivity contribution in [1.82, 2.24) is 5.16 Å². The molecule has 7 nitrogen and oxygen atoms in total. The molecule has 0 aliphatic rings. The predicted octanol–water partition coefficient (Wildman–Crippen LogP) is 5.15. The van der Waals surface area contributed by atoms with E-state index < -0.39 is 30.2 Å². The fourth-order valence-corrected chi connectivity index (χ4v) is 3.91. The number of carbonyl (C=O) groups excluding carboxylic acids is 2. The Bertz CT molecular complexity index is 1180. The van der Waals surface area contributed by atoms with Gasteiger partial charge in [0.2, 0.25) is 0 Å². The molecule has 3 aromatic rings. The van der Waals surface area contributed by atoms with Gasteiger partial charge in [0.25, 0.3) is 5.91 Å². The molecule has 184 valence electrons.